The van der Waals surface area contributed by atoms with Crippen molar-refractivity contribution in [2.75, 3.05) is 51.8 Å². The van der Waals surface area contributed by atoms with E-state index in [9.17, 15) is 4.39 Å². The van der Waals surface area contributed by atoms with Crippen LogP contribution in [-0.4, -0.2) is 51.8 Å². The van der Waals surface area contributed by atoms with Crippen molar-refractivity contribution in [1.29, 1.82) is 0 Å². The van der Waals surface area contributed by atoms with Gasteiger partial charge in [0.25, 0.3) is 0 Å². The van der Waals surface area contributed by atoms with Crippen LogP contribution in [0.3, 0.4) is 0 Å². The van der Waals surface area contributed by atoms with Gasteiger partial charge >= 0.3 is 0 Å². The molecule has 0 radical (unpaired) electrons. The summed E-state index contributed by atoms with van der Waals surface area (Å²) >= 11 is 3.49. The summed E-state index contributed by atoms with van der Waals surface area (Å²) in [6, 6.07) is 11.4. The first kappa shape index (κ1) is 19.0. The lowest BCUT2D eigenvalue weighted by molar-refractivity contribution is 0.261. The fourth-order valence-corrected chi connectivity index (χ4v) is 3.64. The van der Waals surface area contributed by atoms with E-state index >= 15 is 0 Å². The molecule has 0 bridgehead atoms. The fourth-order valence-electron chi connectivity index (χ4n) is 3.23. The largest absolute Gasteiger partial charge is 0.495 e. The number of rotatable bonds is 6. The third-order valence-electron chi connectivity index (χ3n) is 4.81. The Bertz CT molecular complexity index is 749. The summed E-state index contributed by atoms with van der Waals surface area (Å²) in [6.07, 6.45) is 0.840. The van der Waals surface area contributed by atoms with Crippen molar-refractivity contribution in [3.63, 3.8) is 0 Å². The first-order valence-corrected chi connectivity index (χ1v) is 9.53. The predicted molar refractivity (Wildman–Crippen MR) is 106 cm³/mol. The van der Waals surface area contributed by atoms with E-state index < -0.39 is 0 Å². The van der Waals surface area contributed by atoms with Gasteiger partial charge in [0.05, 0.1) is 18.7 Å². The number of ether oxygens (including phenoxy) is 2. The van der Waals surface area contributed by atoms with Crippen molar-refractivity contribution in [3.8, 4) is 11.5 Å². The summed E-state index contributed by atoms with van der Waals surface area (Å²) < 4.78 is 25.1. The van der Waals surface area contributed by atoms with Crippen LogP contribution in [0.1, 0.15) is 5.56 Å². The zero-order chi connectivity index (χ0) is 18.5. The molecule has 0 amide bonds. The molecule has 0 aromatic heterocycles. The lowest BCUT2D eigenvalue weighted by atomic mass is 10.1. The fraction of sp³-hybridized carbons (Fsp3) is 0.400. The zero-order valence-corrected chi connectivity index (χ0v) is 16.8. The van der Waals surface area contributed by atoms with Crippen LogP contribution in [0.25, 0.3) is 0 Å². The minimum atomic E-state index is -0.293. The Morgan fingerprint density at radius 3 is 2.35 bits per heavy atom. The Morgan fingerprint density at radius 1 is 0.962 bits per heavy atom. The van der Waals surface area contributed by atoms with Gasteiger partial charge < -0.3 is 14.4 Å². The molecule has 26 heavy (non-hydrogen) atoms. The van der Waals surface area contributed by atoms with Crippen LogP contribution >= 0.6 is 15.9 Å². The molecular weight excluding hydrogens is 399 g/mol. The van der Waals surface area contributed by atoms with Crippen molar-refractivity contribution in [1.82, 2.24) is 4.90 Å². The highest BCUT2D eigenvalue weighted by atomic mass is 79.9. The molecule has 0 saturated carbocycles. The first-order chi connectivity index (χ1) is 12.6. The molecule has 2 aromatic carbocycles. The molecule has 0 aliphatic carbocycles. The number of hydrogen-bond acceptors (Lipinski definition) is 4. The van der Waals surface area contributed by atoms with Crippen LogP contribution in [0, 0.1) is 5.82 Å². The average molecular weight is 423 g/mol. The summed E-state index contributed by atoms with van der Waals surface area (Å²) in [7, 11) is 3.17. The van der Waals surface area contributed by atoms with E-state index in [2.05, 4.69) is 37.9 Å². The monoisotopic (exact) mass is 422 g/mol. The van der Waals surface area contributed by atoms with Crippen molar-refractivity contribution in [2.45, 2.75) is 6.42 Å². The third-order valence-corrected chi connectivity index (χ3v) is 5.46. The number of halogens is 2. The average Bonchev–Trinajstić information content (AvgIpc) is 2.67. The predicted octanol–water partition coefficient (Wildman–Crippen LogP) is 3.97. The van der Waals surface area contributed by atoms with E-state index in [0.717, 1.165) is 54.9 Å². The van der Waals surface area contributed by atoms with E-state index in [1.807, 2.05) is 12.1 Å². The van der Waals surface area contributed by atoms with Gasteiger partial charge in [-0.2, -0.15) is 0 Å². The summed E-state index contributed by atoms with van der Waals surface area (Å²) in [5.74, 6) is 0.859. The molecule has 0 unspecified atom stereocenters. The van der Waals surface area contributed by atoms with Gasteiger partial charge in [-0.3, -0.25) is 4.90 Å². The maximum Gasteiger partial charge on any atom is 0.165 e. The lowest BCUT2D eigenvalue weighted by Crippen LogP contribution is -2.47. The molecule has 0 N–H and O–H groups in total. The van der Waals surface area contributed by atoms with Gasteiger partial charge in [-0.1, -0.05) is 6.07 Å². The van der Waals surface area contributed by atoms with Gasteiger partial charge in [-0.15, -0.1) is 0 Å². The number of piperazine rings is 1. The maximum atomic E-state index is 13.8. The Balaban J connectivity index is 1.51. The van der Waals surface area contributed by atoms with Gasteiger partial charge in [-0.25, -0.2) is 4.39 Å². The third kappa shape index (κ3) is 4.48. The van der Waals surface area contributed by atoms with E-state index in [4.69, 9.17) is 9.47 Å². The maximum absolute atomic E-state index is 13.8. The highest BCUT2D eigenvalue weighted by Crippen LogP contribution is 2.30. The second-order valence-corrected chi connectivity index (χ2v) is 7.22. The van der Waals surface area contributed by atoms with Crippen LogP contribution < -0.4 is 14.4 Å². The van der Waals surface area contributed by atoms with Crippen LogP contribution in [0.5, 0.6) is 11.5 Å². The SMILES string of the molecule is COc1ccc(CCN2CCN(c3ccc(Br)c(OC)c3)CC2)cc1F. The molecule has 4 nitrogen and oxygen atoms in total. The van der Waals surface area contributed by atoms with E-state index in [1.54, 1.807) is 19.2 Å². The van der Waals surface area contributed by atoms with E-state index in [-0.39, 0.29) is 5.82 Å². The Hall–Kier alpha value is -1.79. The molecule has 6 heteroatoms. The molecule has 2 aromatic rings. The van der Waals surface area contributed by atoms with Crippen LogP contribution in [0.2, 0.25) is 0 Å². The molecule has 1 fully saturated rings. The number of hydrogen-bond donors (Lipinski definition) is 0. The van der Waals surface area contributed by atoms with Crippen molar-refractivity contribution < 1.29 is 13.9 Å². The van der Waals surface area contributed by atoms with Gasteiger partial charge in [0.15, 0.2) is 11.6 Å². The van der Waals surface area contributed by atoms with Crippen molar-refractivity contribution in [2.24, 2.45) is 0 Å². The zero-order valence-electron chi connectivity index (χ0n) is 15.2. The second-order valence-electron chi connectivity index (χ2n) is 6.37. The standard InChI is InChI=1S/C20H24BrFN2O2/c1-25-19-6-3-15(13-18(19)22)7-8-23-9-11-24(12-10-23)16-4-5-17(21)20(14-16)26-2/h3-6,13-14H,7-12H2,1-2H3. The smallest absolute Gasteiger partial charge is 0.165 e. The summed E-state index contributed by atoms with van der Waals surface area (Å²) in [6.45, 7) is 4.88. The minimum absolute atomic E-state index is 0.293. The number of nitrogens with zero attached hydrogens (tertiary/aromatic N) is 2. The molecule has 0 atom stereocenters. The molecule has 1 heterocycles. The van der Waals surface area contributed by atoms with Crippen LogP contribution in [-0.2, 0) is 6.42 Å². The van der Waals surface area contributed by atoms with Crippen LogP contribution in [0.15, 0.2) is 40.9 Å². The number of benzene rings is 2. The molecule has 140 valence electrons. The molecule has 1 aliphatic heterocycles. The second kappa shape index (κ2) is 8.73. The van der Waals surface area contributed by atoms with Crippen LogP contribution in [0.4, 0.5) is 10.1 Å². The molecular formula is C20H24BrFN2O2. The summed E-state index contributed by atoms with van der Waals surface area (Å²) in [5.41, 5.74) is 2.19. The summed E-state index contributed by atoms with van der Waals surface area (Å²) in [4.78, 5) is 4.80. The lowest BCUT2D eigenvalue weighted by Gasteiger charge is -2.36. The highest BCUT2D eigenvalue weighted by Gasteiger charge is 2.18. The Kier molecular flexibility index (Phi) is 6.38. The Labute approximate surface area is 162 Å². The molecule has 1 aliphatic rings. The highest BCUT2D eigenvalue weighted by molar-refractivity contribution is 9.10. The van der Waals surface area contributed by atoms with Crippen molar-refractivity contribution >= 4 is 21.6 Å². The van der Waals surface area contributed by atoms with Gasteiger partial charge in [0.2, 0.25) is 0 Å². The van der Waals surface area contributed by atoms with E-state index in [1.165, 1.54) is 12.8 Å². The normalized spacial score (nSPS) is 15.2. The van der Waals surface area contributed by atoms with Gasteiger partial charge in [0.1, 0.15) is 5.75 Å². The molecule has 1 saturated heterocycles. The number of methoxy groups -OCH3 is 2. The number of anilines is 1. The van der Waals surface area contributed by atoms with Crippen molar-refractivity contribution in [3.05, 3.63) is 52.3 Å². The quantitative estimate of drug-likeness (QED) is 0.702. The first-order valence-electron chi connectivity index (χ1n) is 8.74. The topological polar surface area (TPSA) is 24.9 Å². The Morgan fingerprint density at radius 2 is 1.69 bits per heavy atom. The van der Waals surface area contributed by atoms with E-state index in [0.29, 0.717) is 5.75 Å². The minimum Gasteiger partial charge on any atom is -0.495 e. The van der Waals surface area contributed by atoms with Gasteiger partial charge in [-0.05, 0) is 52.2 Å². The molecule has 3 rings (SSSR count). The van der Waals surface area contributed by atoms with Gasteiger partial charge in [0, 0.05) is 44.5 Å². The summed E-state index contributed by atoms with van der Waals surface area (Å²) in [5, 5.41) is 0. The molecule has 0 spiro atoms.